The van der Waals surface area contributed by atoms with E-state index in [-0.39, 0.29) is 0 Å². The number of aryl methyl sites for hydroxylation is 2. The molecule has 0 nitrogen and oxygen atoms in total. The normalized spacial score (nSPS) is 7.76. The first-order chi connectivity index (χ1) is 8.06. The van der Waals surface area contributed by atoms with Crippen molar-refractivity contribution in [3.8, 4) is 0 Å². The lowest BCUT2D eigenvalue weighted by Gasteiger charge is -1.94. The minimum Gasteiger partial charge on any atom is -0.106 e. The molecule has 0 aliphatic carbocycles. The lowest BCUT2D eigenvalue weighted by Crippen LogP contribution is -1.77. The van der Waals surface area contributed by atoms with E-state index in [1.54, 1.807) is 0 Å². The van der Waals surface area contributed by atoms with Crippen LogP contribution in [0.15, 0.2) is 37.4 Å². The predicted molar refractivity (Wildman–Crippen MR) is 83.7 cm³/mol. The van der Waals surface area contributed by atoms with Crippen LogP contribution in [0.1, 0.15) is 52.7 Å². The van der Waals surface area contributed by atoms with Crippen molar-refractivity contribution in [3.63, 3.8) is 0 Å². The van der Waals surface area contributed by atoms with Crippen molar-refractivity contribution < 1.29 is 0 Å². The quantitative estimate of drug-likeness (QED) is 0.521. The van der Waals surface area contributed by atoms with Gasteiger partial charge in [-0.05, 0) is 24.8 Å². The van der Waals surface area contributed by atoms with E-state index in [1.807, 2.05) is 13.8 Å². The van der Waals surface area contributed by atoms with E-state index < -0.39 is 0 Å². The van der Waals surface area contributed by atoms with Gasteiger partial charge in [0.1, 0.15) is 0 Å². The Morgan fingerprint density at radius 3 is 1.47 bits per heavy atom. The fourth-order valence-corrected chi connectivity index (χ4v) is 0.824. The average molecular weight is 236 g/mol. The molecule has 0 radical (unpaired) electrons. The smallest absolute Gasteiger partial charge is 0.0307 e. The highest BCUT2D eigenvalue weighted by molar-refractivity contribution is 5.20. The Morgan fingerprint density at radius 1 is 0.941 bits per heavy atom. The summed E-state index contributed by atoms with van der Waals surface area (Å²) < 4.78 is 0. The first-order valence-electron chi connectivity index (χ1n) is 6.61. The minimum absolute atomic E-state index is 0.833. The second-order valence-electron chi connectivity index (χ2n) is 4.07. The molecular weight excluding hydrogens is 204 g/mol. The predicted octanol–water partition coefficient (Wildman–Crippen LogP) is 6.05. The van der Waals surface area contributed by atoms with Gasteiger partial charge >= 0.3 is 0 Å². The van der Waals surface area contributed by atoms with E-state index in [0.29, 0.717) is 0 Å². The molecule has 0 spiro atoms. The highest BCUT2D eigenvalue weighted by Crippen LogP contribution is 2.02. The van der Waals surface area contributed by atoms with Crippen LogP contribution < -0.4 is 0 Å². The topological polar surface area (TPSA) is 0 Å². The second kappa shape index (κ2) is 17.4. The summed E-state index contributed by atoms with van der Waals surface area (Å²) in [5.41, 5.74) is 2.76. The maximum Gasteiger partial charge on any atom is -0.0307 e. The van der Waals surface area contributed by atoms with Crippen LogP contribution in [0, 0.1) is 12.8 Å². The van der Waals surface area contributed by atoms with Gasteiger partial charge in [0, 0.05) is 0 Å². The molecule has 1 rings (SSSR count). The molecule has 0 aliphatic heterocycles. The first kappa shape index (κ1) is 21.3. The molecule has 0 heterocycles. The zero-order chi connectivity index (χ0) is 14.3. The Labute approximate surface area is 110 Å². The summed E-state index contributed by atoms with van der Waals surface area (Å²) in [7, 11) is 0. The van der Waals surface area contributed by atoms with Crippen LogP contribution in [-0.2, 0) is 6.42 Å². The molecule has 0 aliphatic rings. The summed E-state index contributed by atoms with van der Waals surface area (Å²) >= 11 is 0. The summed E-state index contributed by atoms with van der Waals surface area (Å²) in [5.74, 6) is 0.833. The molecule has 0 heteroatoms. The van der Waals surface area contributed by atoms with Crippen LogP contribution in [0.2, 0.25) is 0 Å². The fraction of sp³-hybridized carbons (Fsp3) is 0.529. The van der Waals surface area contributed by atoms with Crippen LogP contribution >= 0.6 is 0 Å². The van der Waals surface area contributed by atoms with Crippen LogP contribution in [0.5, 0.6) is 0 Å². The Morgan fingerprint density at radius 2 is 1.24 bits per heavy atom. The maximum absolute atomic E-state index is 3.00. The lowest BCUT2D eigenvalue weighted by atomic mass is 10.1. The standard InChI is InChI=1S/C9H12.C4H10.C2H6.C2H4/c1-3-9-6-4-8(2)5-7-9;1-4(2)3;2*1-2/h4-7H,3H2,1-2H3;4H,1-3H3;1-2H3;1-2H2. The third kappa shape index (κ3) is 20.9. The van der Waals surface area contributed by atoms with E-state index in [4.69, 9.17) is 0 Å². The Kier molecular flexibility index (Phi) is 21.7. The summed E-state index contributed by atoms with van der Waals surface area (Å²) in [5, 5.41) is 0. The third-order valence-electron chi connectivity index (χ3n) is 1.53. The average Bonchev–Trinajstić information content (AvgIpc) is 2.34. The maximum atomic E-state index is 3.00. The first-order valence-corrected chi connectivity index (χ1v) is 6.61. The molecule has 0 saturated carbocycles. The SMILES string of the molecule is C=C.CC.CC(C)C.CCc1ccc(C)cc1. The molecule has 17 heavy (non-hydrogen) atoms. The molecule has 1 aromatic carbocycles. The van der Waals surface area contributed by atoms with Gasteiger partial charge in [0.25, 0.3) is 0 Å². The van der Waals surface area contributed by atoms with Gasteiger partial charge in [-0.3, -0.25) is 0 Å². The van der Waals surface area contributed by atoms with Gasteiger partial charge in [0.15, 0.2) is 0 Å². The summed E-state index contributed by atoms with van der Waals surface area (Å²) in [6.07, 6.45) is 1.14. The van der Waals surface area contributed by atoms with E-state index in [1.165, 1.54) is 11.1 Å². The van der Waals surface area contributed by atoms with Crippen molar-refractivity contribution in [2.24, 2.45) is 5.92 Å². The van der Waals surface area contributed by atoms with Gasteiger partial charge in [-0.1, -0.05) is 71.4 Å². The summed E-state index contributed by atoms with van der Waals surface area (Å²) in [6.45, 7) is 20.8. The molecule has 1 aromatic rings. The Hall–Kier alpha value is -1.04. The third-order valence-corrected chi connectivity index (χ3v) is 1.53. The van der Waals surface area contributed by atoms with E-state index >= 15 is 0 Å². The molecule has 0 aromatic heterocycles. The molecule has 0 bridgehead atoms. The lowest BCUT2D eigenvalue weighted by molar-refractivity contribution is 0.737. The molecular formula is C17H32. The van der Waals surface area contributed by atoms with E-state index in [2.05, 4.69) is 72.0 Å². The molecule has 0 atom stereocenters. The van der Waals surface area contributed by atoms with Gasteiger partial charge in [-0.25, -0.2) is 0 Å². The molecule has 0 fully saturated rings. The number of hydrogen-bond donors (Lipinski definition) is 0. The molecule has 100 valence electrons. The monoisotopic (exact) mass is 236 g/mol. The van der Waals surface area contributed by atoms with Crippen molar-refractivity contribution in [3.05, 3.63) is 48.6 Å². The Bertz CT molecular complexity index is 216. The molecule has 0 N–H and O–H groups in total. The van der Waals surface area contributed by atoms with Crippen molar-refractivity contribution in [1.82, 2.24) is 0 Å². The highest BCUT2D eigenvalue weighted by atomic mass is 13.9. The summed E-state index contributed by atoms with van der Waals surface area (Å²) in [4.78, 5) is 0. The van der Waals surface area contributed by atoms with Gasteiger partial charge < -0.3 is 0 Å². The zero-order valence-corrected chi connectivity index (χ0v) is 13.0. The van der Waals surface area contributed by atoms with Gasteiger partial charge in [0.05, 0.1) is 0 Å². The van der Waals surface area contributed by atoms with E-state index in [9.17, 15) is 0 Å². The van der Waals surface area contributed by atoms with Crippen molar-refractivity contribution in [2.75, 3.05) is 0 Å². The van der Waals surface area contributed by atoms with E-state index in [0.717, 1.165) is 12.3 Å². The van der Waals surface area contributed by atoms with Crippen LogP contribution in [0.3, 0.4) is 0 Å². The van der Waals surface area contributed by atoms with Crippen molar-refractivity contribution in [1.29, 1.82) is 0 Å². The molecule has 0 unspecified atom stereocenters. The highest BCUT2D eigenvalue weighted by Gasteiger charge is 1.84. The second-order valence-corrected chi connectivity index (χ2v) is 4.07. The zero-order valence-electron chi connectivity index (χ0n) is 13.0. The van der Waals surface area contributed by atoms with Gasteiger partial charge in [-0.2, -0.15) is 0 Å². The number of hydrogen-bond acceptors (Lipinski definition) is 0. The summed E-state index contributed by atoms with van der Waals surface area (Å²) in [6, 6.07) is 8.66. The van der Waals surface area contributed by atoms with Crippen LogP contribution in [-0.4, -0.2) is 0 Å². The van der Waals surface area contributed by atoms with Gasteiger partial charge in [-0.15, -0.1) is 13.2 Å². The van der Waals surface area contributed by atoms with Crippen LogP contribution in [0.4, 0.5) is 0 Å². The minimum atomic E-state index is 0.833. The van der Waals surface area contributed by atoms with Crippen molar-refractivity contribution >= 4 is 0 Å². The number of benzene rings is 1. The fourth-order valence-electron chi connectivity index (χ4n) is 0.824. The largest absolute Gasteiger partial charge is 0.106 e. The number of rotatable bonds is 1. The molecule has 0 amide bonds. The molecule has 0 saturated heterocycles. The van der Waals surface area contributed by atoms with Crippen LogP contribution in [0.25, 0.3) is 0 Å². The van der Waals surface area contributed by atoms with Gasteiger partial charge in [0.2, 0.25) is 0 Å². The Balaban J connectivity index is -0.000000208. The van der Waals surface area contributed by atoms with Crippen molar-refractivity contribution in [2.45, 2.75) is 54.9 Å².